The molecule has 1 N–H and O–H groups in total. The fraction of sp³-hybridized carbons (Fsp3) is 0.600. The average Bonchev–Trinajstić information content (AvgIpc) is 2.42. The van der Waals surface area contributed by atoms with Gasteiger partial charge in [0.25, 0.3) is 0 Å². The quantitative estimate of drug-likeness (QED) is 0.885. The monoisotopic (exact) mass is 266 g/mol. The maximum atomic E-state index is 13.4. The molecule has 2 rings (SSSR count). The van der Waals surface area contributed by atoms with Gasteiger partial charge in [-0.1, -0.05) is 6.42 Å². The van der Waals surface area contributed by atoms with Crippen LogP contribution in [0.15, 0.2) is 18.2 Å². The normalized spacial score (nSPS) is 20.5. The second-order valence-electron chi connectivity index (χ2n) is 5.13. The van der Waals surface area contributed by atoms with Crippen molar-refractivity contribution in [2.75, 3.05) is 27.2 Å². The summed E-state index contributed by atoms with van der Waals surface area (Å²) in [5.74, 6) is 0.577. The molecule has 19 heavy (non-hydrogen) atoms. The second-order valence-corrected chi connectivity index (χ2v) is 5.13. The molecule has 4 heteroatoms. The SMILES string of the molecule is CNCC1CCCCN1Cc1cc(F)ccc1OC. The predicted molar refractivity (Wildman–Crippen MR) is 74.9 cm³/mol. The minimum atomic E-state index is -0.196. The van der Waals surface area contributed by atoms with Gasteiger partial charge in [-0.05, 0) is 44.6 Å². The molecule has 0 aromatic heterocycles. The number of nitrogens with one attached hydrogen (secondary N) is 1. The maximum Gasteiger partial charge on any atom is 0.123 e. The van der Waals surface area contributed by atoms with Crippen LogP contribution in [-0.4, -0.2) is 38.2 Å². The van der Waals surface area contributed by atoms with E-state index < -0.39 is 0 Å². The molecule has 106 valence electrons. The molecule has 0 spiro atoms. The highest BCUT2D eigenvalue weighted by Gasteiger charge is 2.22. The van der Waals surface area contributed by atoms with Crippen molar-refractivity contribution in [3.05, 3.63) is 29.6 Å². The Morgan fingerprint density at radius 3 is 3.00 bits per heavy atom. The fourth-order valence-electron chi connectivity index (χ4n) is 2.82. The van der Waals surface area contributed by atoms with Gasteiger partial charge >= 0.3 is 0 Å². The summed E-state index contributed by atoms with van der Waals surface area (Å²) in [5.41, 5.74) is 0.936. The average molecular weight is 266 g/mol. The maximum absolute atomic E-state index is 13.4. The Hall–Kier alpha value is -1.13. The number of hydrogen-bond donors (Lipinski definition) is 1. The van der Waals surface area contributed by atoms with Gasteiger partial charge in [0, 0.05) is 24.7 Å². The van der Waals surface area contributed by atoms with Crippen molar-refractivity contribution in [2.45, 2.75) is 31.8 Å². The van der Waals surface area contributed by atoms with Crippen molar-refractivity contribution in [1.82, 2.24) is 10.2 Å². The highest BCUT2D eigenvalue weighted by atomic mass is 19.1. The summed E-state index contributed by atoms with van der Waals surface area (Å²) in [6, 6.07) is 5.28. The molecule has 1 aromatic rings. The van der Waals surface area contributed by atoms with Gasteiger partial charge in [-0.2, -0.15) is 0 Å². The van der Waals surface area contributed by atoms with Crippen LogP contribution in [0, 0.1) is 5.82 Å². The smallest absolute Gasteiger partial charge is 0.123 e. The van der Waals surface area contributed by atoms with Crippen LogP contribution in [0.5, 0.6) is 5.75 Å². The van der Waals surface area contributed by atoms with E-state index in [2.05, 4.69) is 10.2 Å². The summed E-state index contributed by atoms with van der Waals surface area (Å²) < 4.78 is 18.7. The van der Waals surface area contributed by atoms with E-state index in [-0.39, 0.29) is 5.82 Å². The number of likely N-dealkylation sites (N-methyl/N-ethyl adjacent to an activating group) is 1. The molecule has 1 fully saturated rings. The lowest BCUT2D eigenvalue weighted by atomic mass is 10.0. The van der Waals surface area contributed by atoms with Crippen molar-refractivity contribution >= 4 is 0 Å². The van der Waals surface area contributed by atoms with E-state index in [1.54, 1.807) is 19.2 Å². The lowest BCUT2D eigenvalue weighted by Crippen LogP contribution is -2.44. The van der Waals surface area contributed by atoms with Crippen molar-refractivity contribution in [2.24, 2.45) is 0 Å². The molecule has 1 saturated heterocycles. The number of likely N-dealkylation sites (tertiary alicyclic amines) is 1. The minimum Gasteiger partial charge on any atom is -0.496 e. The number of hydrogen-bond acceptors (Lipinski definition) is 3. The molecule has 0 radical (unpaired) electrons. The van der Waals surface area contributed by atoms with Crippen LogP contribution in [0.2, 0.25) is 0 Å². The Labute approximate surface area is 114 Å². The number of piperidine rings is 1. The largest absolute Gasteiger partial charge is 0.496 e. The topological polar surface area (TPSA) is 24.5 Å². The first kappa shape index (κ1) is 14.3. The molecular weight excluding hydrogens is 243 g/mol. The standard InChI is InChI=1S/C15H23FN2O/c1-17-10-14-5-3-4-8-18(14)11-12-9-13(16)6-7-15(12)19-2/h6-7,9,14,17H,3-5,8,10-11H2,1-2H3. The van der Waals surface area contributed by atoms with Crippen LogP contribution in [0.3, 0.4) is 0 Å². The third-order valence-electron chi connectivity index (χ3n) is 3.80. The molecule has 1 atom stereocenters. The van der Waals surface area contributed by atoms with Gasteiger partial charge in [-0.25, -0.2) is 4.39 Å². The number of benzene rings is 1. The van der Waals surface area contributed by atoms with Crippen LogP contribution in [0.1, 0.15) is 24.8 Å². The van der Waals surface area contributed by atoms with Gasteiger partial charge in [-0.3, -0.25) is 4.90 Å². The summed E-state index contributed by atoms with van der Waals surface area (Å²) in [7, 11) is 3.62. The van der Waals surface area contributed by atoms with Crippen LogP contribution in [0.4, 0.5) is 4.39 Å². The van der Waals surface area contributed by atoms with Gasteiger partial charge in [-0.15, -0.1) is 0 Å². The molecule has 0 aliphatic carbocycles. The van der Waals surface area contributed by atoms with E-state index in [1.807, 2.05) is 7.05 Å². The van der Waals surface area contributed by atoms with Gasteiger partial charge in [0.15, 0.2) is 0 Å². The summed E-state index contributed by atoms with van der Waals surface area (Å²) in [6.07, 6.45) is 3.71. The van der Waals surface area contributed by atoms with Gasteiger partial charge in [0.05, 0.1) is 7.11 Å². The number of nitrogens with zero attached hydrogens (tertiary/aromatic N) is 1. The van der Waals surface area contributed by atoms with E-state index in [4.69, 9.17) is 4.74 Å². The Morgan fingerprint density at radius 2 is 2.26 bits per heavy atom. The molecule has 0 amide bonds. The van der Waals surface area contributed by atoms with Crippen LogP contribution in [-0.2, 0) is 6.54 Å². The molecule has 1 heterocycles. The van der Waals surface area contributed by atoms with E-state index in [0.717, 1.165) is 30.9 Å². The van der Waals surface area contributed by atoms with E-state index >= 15 is 0 Å². The number of rotatable bonds is 5. The molecule has 3 nitrogen and oxygen atoms in total. The minimum absolute atomic E-state index is 0.196. The van der Waals surface area contributed by atoms with Crippen LogP contribution < -0.4 is 10.1 Å². The summed E-state index contributed by atoms with van der Waals surface area (Å²) in [5, 5.41) is 3.25. The first-order chi connectivity index (χ1) is 9.24. The molecule has 1 aromatic carbocycles. The Bertz CT molecular complexity index is 409. The second kappa shape index (κ2) is 6.87. The Morgan fingerprint density at radius 1 is 1.42 bits per heavy atom. The van der Waals surface area contributed by atoms with Gasteiger partial charge in [0.1, 0.15) is 11.6 Å². The van der Waals surface area contributed by atoms with Gasteiger partial charge in [0.2, 0.25) is 0 Å². The first-order valence-electron chi connectivity index (χ1n) is 6.95. The highest BCUT2D eigenvalue weighted by molar-refractivity contribution is 5.33. The lowest BCUT2D eigenvalue weighted by molar-refractivity contribution is 0.138. The molecule has 0 saturated carbocycles. The number of methoxy groups -OCH3 is 1. The fourth-order valence-corrected chi connectivity index (χ4v) is 2.82. The molecule has 1 aliphatic rings. The van der Waals surface area contributed by atoms with Gasteiger partial charge < -0.3 is 10.1 Å². The predicted octanol–water partition coefficient (Wildman–Crippen LogP) is 2.41. The van der Waals surface area contributed by atoms with E-state index in [9.17, 15) is 4.39 Å². The van der Waals surface area contributed by atoms with E-state index in [1.165, 1.54) is 25.3 Å². The summed E-state index contributed by atoms with van der Waals surface area (Å²) >= 11 is 0. The summed E-state index contributed by atoms with van der Waals surface area (Å²) in [6.45, 7) is 2.82. The molecule has 0 bridgehead atoms. The van der Waals surface area contributed by atoms with Crippen molar-refractivity contribution in [1.29, 1.82) is 0 Å². The van der Waals surface area contributed by atoms with E-state index in [0.29, 0.717) is 6.04 Å². The highest BCUT2D eigenvalue weighted by Crippen LogP contribution is 2.25. The Balaban J connectivity index is 2.11. The zero-order valence-electron chi connectivity index (χ0n) is 11.8. The number of ether oxygens (including phenoxy) is 1. The molecule has 1 aliphatic heterocycles. The third-order valence-corrected chi connectivity index (χ3v) is 3.80. The van der Waals surface area contributed by atoms with Crippen LogP contribution in [0.25, 0.3) is 0 Å². The first-order valence-corrected chi connectivity index (χ1v) is 6.95. The van der Waals surface area contributed by atoms with Crippen molar-refractivity contribution in [3.8, 4) is 5.75 Å². The molecule has 1 unspecified atom stereocenters. The van der Waals surface area contributed by atoms with Crippen LogP contribution >= 0.6 is 0 Å². The third kappa shape index (κ3) is 3.67. The zero-order chi connectivity index (χ0) is 13.7. The van der Waals surface area contributed by atoms with Crippen molar-refractivity contribution < 1.29 is 9.13 Å². The lowest BCUT2D eigenvalue weighted by Gasteiger charge is -2.36. The summed E-state index contributed by atoms with van der Waals surface area (Å²) in [4.78, 5) is 2.43. The zero-order valence-corrected chi connectivity index (χ0v) is 11.8. The van der Waals surface area contributed by atoms with Crippen molar-refractivity contribution in [3.63, 3.8) is 0 Å². The molecular formula is C15H23FN2O. The number of halogens is 1. The Kier molecular flexibility index (Phi) is 5.16.